The van der Waals surface area contributed by atoms with Crippen molar-refractivity contribution in [2.75, 3.05) is 7.11 Å². The highest BCUT2D eigenvalue weighted by molar-refractivity contribution is 7.71. The Balaban J connectivity index is 2.37. The summed E-state index contributed by atoms with van der Waals surface area (Å²) in [6.07, 6.45) is 0. The van der Waals surface area contributed by atoms with Crippen LogP contribution in [0.1, 0.15) is 5.69 Å². The minimum absolute atomic E-state index is 0.318. The van der Waals surface area contributed by atoms with Crippen LogP contribution in [-0.4, -0.2) is 21.6 Å². The third-order valence-corrected chi connectivity index (χ3v) is 3.35. The summed E-state index contributed by atoms with van der Waals surface area (Å²) in [6, 6.07) is 8.27. The van der Waals surface area contributed by atoms with Gasteiger partial charge in [-0.2, -0.15) is 0 Å². The third kappa shape index (κ3) is 1.98. The molecule has 0 saturated heterocycles. The third-order valence-electron chi connectivity index (χ3n) is 3.07. The quantitative estimate of drug-likeness (QED) is 0.734. The summed E-state index contributed by atoms with van der Waals surface area (Å²) in [5.74, 6) is 0.177. The molecule has 0 aliphatic rings. The molecule has 4 nitrogen and oxygen atoms in total. The molecule has 0 radical (unpaired) electrons. The zero-order valence-electron chi connectivity index (χ0n) is 11.0. The van der Waals surface area contributed by atoms with Crippen LogP contribution in [0.25, 0.3) is 16.9 Å². The van der Waals surface area contributed by atoms with E-state index in [4.69, 9.17) is 17.0 Å². The molecule has 2 aromatic heterocycles. The Morgan fingerprint density at radius 2 is 2.10 bits per heavy atom. The fourth-order valence-corrected chi connectivity index (χ4v) is 2.39. The number of aryl methyl sites for hydroxylation is 1. The largest absolute Gasteiger partial charge is 0.497 e. The number of hydrogen-bond donors (Lipinski definition) is 1. The van der Waals surface area contributed by atoms with Crippen molar-refractivity contribution >= 4 is 23.4 Å². The highest BCUT2D eigenvalue weighted by atomic mass is 32.1. The Morgan fingerprint density at radius 1 is 1.30 bits per heavy atom. The van der Waals surface area contributed by atoms with Crippen molar-refractivity contribution in [1.82, 2.24) is 14.5 Å². The van der Waals surface area contributed by atoms with Gasteiger partial charge >= 0.3 is 0 Å². The average Bonchev–Trinajstić information content (AvgIpc) is 2.75. The lowest BCUT2D eigenvalue weighted by Gasteiger charge is -2.08. The standard InChI is InChI=1S/C14H12FN3OS/c1-8-3-6-11-13(16-8)18(14(20)17-11)12-7-9(19-2)4-5-10(12)15/h3-7H,1-2H3,(H,17,20). The summed E-state index contributed by atoms with van der Waals surface area (Å²) in [7, 11) is 1.54. The van der Waals surface area contributed by atoms with Crippen LogP contribution < -0.4 is 4.74 Å². The lowest BCUT2D eigenvalue weighted by atomic mass is 10.2. The topological polar surface area (TPSA) is 42.8 Å². The van der Waals surface area contributed by atoms with Gasteiger partial charge in [0.1, 0.15) is 11.6 Å². The summed E-state index contributed by atoms with van der Waals surface area (Å²) < 4.78 is 21.2. The molecule has 0 fully saturated rings. The van der Waals surface area contributed by atoms with Gasteiger partial charge in [-0.3, -0.25) is 4.57 Å². The monoisotopic (exact) mass is 289 g/mol. The number of aromatic nitrogens is 3. The van der Waals surface area contributed by atoms with Gasteiger partial charge in [0.2, 0.25) is 0 Å². The van der Waals surface area contributed by atoms with Gasteiger partial charge < -0.3 is 9.72 Å². The van der Waals surface area contributed by atoms with Gasteiger partial charge in [-0.25, -0.2) is 9.37 Å². The first-order valence-electron chi connectivity index (χ1n) is 6.02. The first kappa shape index (κ1) is 12.8. The van der Waals surface area contributed by atoms with Crippen molar-refractivity contribution in [1.29, 1.82) is 0 Å². The Morgan fingerprint density at radius 3 is 2.85 bits per heavy atom. The molecule has 2 heterocycles. The van der Waals surface area contributed by atoms with Crippen LogP contribution in [0.4, 0.5) is 4.39 Å². The fourth-order valence-electron chi connectivity index (χ4n) is 2.09. The molecule has 0 aliphatic heterocycles. The second kappa shape index (κ2) is 4.72. The van der Waals surface area contributed by atoms with E-state index in [0.29, 0.717) is 21.9 Å². The van der Waals surface area contributed by atoms with E-state index in [2.05, 4.69) is 9.97 Å². The van der Waals surface area contributed by atoms with E-state index >= 15 is 0 Å². The first-order chi connectivity index (χ1) is 9.60. The van der Waals surface area contributed by atoms with E-state index in [-0.39, 0.29) is 5.82 Å². The van der Waals surface area contributed by atoms with Crippen molar-refractivity contribution in [3.63, 3.8) is 0 Å². The molecular formula is C14H12FN3OS. The number of hydrogen-bond acceptors (Lipinski definition) is 3. The summed E-state index contributed by atoms with van der Waals surface area (Å²) in [6.45, 7) is 1.88. The van der Waals surface area contributed by atoms with Crippen LogP contribution >= 0.6 is 12.2 Å². The van der Waals surface area contributed by atoms with E-state index in [1.807, 2.05) is 19.1 Å². The minimum Gasteiger partial charge on any atom is -0.497 e. The maximum Gasteiger partial charge on any atom is 0.184 e. The maximum atomic E-state index is 14.1. The molecule has 0 atom stereocenters. The average molecular weight is 289 g/mol. The molecule has 20 heavy (non-hydrogen) atoms. The lowest BCUT2D eigenvalue weighted by Crippen LogP contribution is -2.00. The number of fused-ring (bicyclic) bond motifs is 1. The van der Waals surface area contributed by atoms with Crippen molar-refractivity contribution in [2.45, 2.75) is 6.92 Å². The van der Waals surface area contributed by atoms with Gasteiger partial charge in [0, 0.05) is 11.8 Å². The Hall–Kier alpha value is -2.21. The Kier molecular flexibility index (Phi) is 3.02. The van der Waals surface area contributed by atoms with Crippen molar-refractivity contribution in [3.05, 3.63) is 46.6 Å². The summed E-state index contributed by atoms with van der Waals surface area (Å²) in [4.78, 5) is 7.45. The normalized spacial score (nSPS) is 10.9. The zero-order valence-corrected chi connectivity index (χ0v) is 11.8. The Labute approximate surface area is 119 Å². The van der Waals surface area contributed by atoms with Crippen LogP contribution in [0, 0.1) is 17.5 Å². The number of halogens is 1. The molecule has 3 rings (SSSR count). The molecule has 102 valence electrons. The summed E-state index contributed by atoms with van der Waals surface area (Å²) in [5, 5.41) is 0. The number of imidazole rings is 1. The molecule has 0 amide bonds. The van der Waals surface area contributed by atoms with E-state index in [9.17, 15) is 4.39 Å². The number of rotatable bonds is 2. The molecular weight excluding hydrogens is 277 g/mol. The van der Waals surface area contributed by atoms with Gasteiger partial charge in [0.25, 0.3) is 0 Å². The smallest absolute Gasteiger partial charge is 0.184 e. The second-order valence-corrected chi connectivity index (χ2v) is 4.79. The number of ether oxygens (including phenoxy) is 1. The Bertz CT molecular complexity index is 853. The van der Waals surface area contributed by atoms with E-state index in [1.54, 1.807) is 16.7 Å². The van der Waals surface area contributed by atoms with Gasteiger partial charge in [-0.15, -0.1) is 0 Å². The van der Waals surface area contributed by atoms with Crippen molar-refractivity contribution in [3.8, 4) is 11.4 Å². The number of aromatic amines is 1. The summed E-state index contributed by atoms with van der Waals surface area (Å²) in [5.41, 5.74) is 2.52. The van der Waals surface area contributed by atoms with Crippen LogP contribution in [0.2, 0.25) is 0 Å². The number of nitrogens with one attached hydrogen (secondary N) is 1. The number of methoxy groups -OCH3 is 1. The first-order valence-corrected chi connectivity index (χ1v) is 6.43. The van der Waals surface area contributed by atoms with E-state index < -0.39 is 0 Å². The molecule has 0 saturated carbocycles. The highest BCUT2D eigenvalue weighted by Gasteiger charge is 2.13. The molecule has 1 aromatic carbocycles. The van der Waals surface area contributed by atoms with Gasteiger partial charge in [0.15, 0.2) is 10.4 Å². The fraction of sp³-hybridized carbons (Fsp3) is 0.143. The van der Waals surface area contributed by atoms with E-state index in [0.717, 1.165) is 11.2 Å². The maximum absolute atomic E-state index is 14.1. The van der Waals surface area contributed by atoms with Gasteiger partial charge in [-0.05, 0) is 43.4 Å². The summed E-state index contributed by atoms with van der Waals surface area (Å²) >= 11 is 5.28. The van der Waals surface area contributed by atoms with Gasteiger partial charge in [-0.1, -0.05) is 0 Å². The van der Waals surface area contributed by atoms with Gasteiger partial charge in [0.05, 0.1) is 18.3 Å². The molecule has 3 aromatic rings. The second-order valence-electron chi connectivity index (χ2n) is 4.41. The SMILES string of the molecule is COc1ccc(F)c(-n2c(=S)[nH]c3ccc(C)nc32)c1. The van der Waals surface area contributed by atoms with Crippen LogP contribution in [0.15, 0.2) is 30.3 Å². The van der Waals surface area contributed by atoms with Crippen LogP contribution in [0.5, 0.6) is 5.75 Å². The molecule has 0 bridgehead atoms. The minimum atomic E-state index is -0.383. The molecule has 0 aliphatic carbocycles. The van der Waals surface area contributed by atoms with Crippen molar-refractivity contribution in [2.24, 2.45) is 0 Å². The molecule has 0 unspecified atom stereocenters. The van der Waals surface area contributed by atoms with E-state index in [1.165, 1.54) is 13.2 Å². The molecule has 1 N–H and O–H groups in total. The predicted molar refractivity (Wildman–Crippen MR) is 77.5 cm³/mol. The number of benzene rings is 1. The highest BCUT2D eigenvalue weighted by Crippen LogP contribution is 2.24. The lowest BCUT2D eigenvalue weighted by molar-refractivity contribution is 0.413. The predicted octanol–water partition coefficient (Wildman–Crippen LogP) is 3.54. The van der Waals surface area contributed by atoms with Crippen LogP contribution in [0.3, 0.4) is 0 Å². The number of pyridine rings is 1. The molecule has 6 heteroatoms. The zero-order chi connectivity index (χ0) is 14.3. The molecule has 0 spiro atoms. The number of nitrogens with zero attached hydrogens (tertiary/aromatic N) is 2. The number of H-pyrrole nitrogens is 1. The van der Waals surface area contributed by atoms with Crippen molar-refractivity contribution < 1.29 is 9.13 Å². The van der Waals surface area contributed by atoms with Crippen LogP contribution in [-0.2, 0) is 0 Å².